The van der Waals surface area contributed by atoms with Gasteiger partial charge in [-0.3, -0.25) is 9.59 Å². The Hall–Kier alpha value is -1.59. The first-order valence-electron chi connectivity index (χ1n) is 11.6. The van der Waals surface area contributed by atoms with Gasteiger partial charge in [0.25, 0.3) is 0 Å². The first-order chi connectivity index (χ1) is 14.1. The molecule has 1 aromatic rings. The van der Waals surface area contributed by atoms with Gasteiger partial charge in [0.2, 0.25) is 11.8 Å². The molecule has 0 radical (unpaired) electrons. The number of fused-ring (bicyclic) bond motifs is 3. The number of piperidine rings is 1. The van der Waals surface area contributed by atoms with E-state index in [1.54, 1.807) is 0 Å². The standard InChI is InChI=1S/C24H33N3O2.ClH/c1-15-12-16-6-2-5-9-22(16)27(15)24(29)21-8-4-3-7-20(21)23(28)26-19-13-17-10-11-18(14-19)25-17;/h2,5-6,9,15,17-21,25H,3-4,7-8,10-14H2,1H3,(H,26,28);1H. The maximum atomic E-state index is 13.6. The summed E-state index contributed by atoms with van der Waals surface area (Å²) in [6.45, 7) is 2.13. The van der Waals surface area contributed by atoms with E-state index in [0.717, 1.165) is 50.6 Å². The number of carbonyl (C=O) groups excluding carboxylic acids is 2. The molecule has 0 spiro atoms. The maximum Gasteiger partial charge on any atom is 0.231 e. The van der Waals surface area contributed by atoms with Crippen LogP contribution in [0.5, 0.6) is 0 Å². The molecule has 5 nitrogen and oxygen atoms in total. The van der Waals surface area contributed by atoms with Gasteiger partial charge in [-0.25, -0.2) is 0 Å². The summed E-state index contributed by atoms with van der Waals surface area (Å²) in [5, 5.41) is 6.98. The molecule has 3 aliphatic heterocycles. The highest BCUT2D eigenvalue weighted by Gasteiger charge is 2.42. The van der Waals surface area contributed by atoms with Crippen molar-refractivity contribution in [1.82, 2.24) is 10.6 Å². The lowest BCUT2D eigenvalue weighted by Crippen LogP contribution is -2.52. The van der Waals surface area contributed by atoms with Crippen LogP contribution < -0.4 is 15.5 Å². The summed E-state index contributed by atoms with van der Waals surface area (Å²) in [6.07, 6.45) is 9.19. The van der Waals surface area contributed by atoms with Crippen LogP contribution in [0.2, 0.25) is 0 Å². The molecule has 5 unspecified atom stereocenters. The third-order valence-electron chi connectivity index (χ3n) is 7.68. The van der Waals surface area contributed by atoms with Crippen molar-refractivity contribution in [3.63, 3.8) is 0 Å². The summed E-state index contributed by atoms with van der Waals surface area (Å²) in [5.74, 6) is -0.0817. The monoisotopic (exact) mass is 431 g/mol. The zero-order chi connectivity index (χ0) is 20.0. The molecule has 1 aromatic carbocycles. The first kappa shape index (κ1) is 21.6. The van der Waals surface area contributed by atoms with E-state index in [4.69, 9.17) is 0 Å². The summed E-state index contributed by atoms with van der Waals surface area (Å²) in [5.41, 5.74) is 2.29. The Morgan fingerprint density at radius 3 is 2.40 bits per heavy atom. The fraction of sp³-hybridized carbons (Fsp3) is 0.667. The Labute approximate surface area is 185 Å². The summed E-state index contributed by atoms with van der Waals surface area (Å²) in [4.78, 5) is 28.9. The van der Waals surface area contributed by atoms with E-state index in [-0.39, 0.29) is 48.1 Å². The van der Waals surface area contributed by atoms with Gasteiger partial charge in [0.05, 0.1) is 5.92 Å². The molecule has 5 rings (SSSR count). The number of amides is 2. The number of anilines is 1. The van der Waals surface area contributed by atoms with Gasteiger partial charge >= 0.3 is 0 Å². The van der Waals surface area contributed by atoms with E-state index in [1.165, 1.54) is 18.4 Å². The lowest BCUT2D eigenvalue weighted by molar-refractivity contribution is -0.136. The zero-order valence-corrected chi connectivity index (χ0v) is 18.6. The number of para-hydroxylation sites is 1. The smallest absolute Gasteiger partial charge is 0.231 e. The minimum Gasteiger partial charge on any atom is -0.353 e. The van der Waals surface area contributed by atoms with Crippen LogP contribution in [0.4, 0.5) is 5.69 Å². The number of carbonyl (C=O) groups is 2. The Morgan fingerprint density at radius 2 is 1.67 bits per heavy atom. The van der Waals surface area contributed by atoms with Gasteiger partial charge in [0.15, 0.2) is 0 Å². The van der Waals surface area contributed by atoms with E-state index < -0.39 is 0 Å². The van der Waals surface area contributed by atoms with Crippen molar-refractivity contribution in [1.29, 1.82) is 0 Å². The van der Waals surface area contributed by atoms with E-state index >= 15 is 0 Å². The van der Waals surface area contributed by atoms with Crippen molar-refractivity contribution in [2.24, 2.45) is 11.8 Å². The highest BCUT2D eigenvalue weighted by Crippen LogP contribution is 2.38. The second kappa shape index (κ2) is 8.88. The Bertz CT molecular complexity index is 788. The van der Waals surface area contributed by atoms with Gasteiger partial charge in [-0.05, 0) is 63.5 Å². The highest BCUT2D eigenvalue weighted by atomic mass is 35.5. The number of hydrogen-bond acceptors (Lipinski definition) is 3. The molecule has 4 aliphatic rings. The van der Waals surface area contributed by atoms with Gasteiger partial charge in [0, 0.05) is 35.8 Å². The molecule has 2 amide bonds. The van der Waals surface area contributed by atoms with Crippen LogP contribution in [0.3, 0.4) is 0 Å². The Balaban J connectivity index is 0.00000218. The normalized spacial score (nSPS) is 34.8. The van der Waals surface area contributed by atoms with Crippen LogP contribution in [0.25, 0.3) is 0 Å². The average molecular weight is 432 g/mol. The molecule has 6 heteroatoms. The lowest BCUT2D eigenvalue weighted by Gasteiger charge is -2.36. The molecule has 0 aromatic heterocycles. The van der Waals surface area contributed by atoms with Crippen molar-refractivity contribution in [2.45, 2.75) is 88.9 Å². The van der Waals surface area contributed by atoms with E-state index in [1.807, 2.05) is 17.0 Å². The molecule has 164 valence electrons. The number of rotatable bonds is 3. The van der Waals surface area contributed by atoms with E-state index in [9.17, 15) is 9.59 Å². The van der Waals surface area contributed by atoms with Crippen LogP contribution in [0, 0.1) is 11.8 Å². The molecule has 2 saturated heterocycles. The molecular weight excluding hydrogens is 398 g/mol. The van der Waals surface area contributed by atoms with Crippen molar-refractivity contribution >= 4 is 29.9 Å². The van der Waals surface area contributed by atoms with Gasteiger partial charge in [-0.1, -0.05) is 31.0 Å². The lowest BCUT2D eigenvalue weighted by atomic mass is 9.77. The largest absolute Gasteiger partial charge is 0.353 e. The van der Waals surface area contributed by atoms with Crippen LogP contribution in [0.1, 0.15) is 63.9 Å². The van der Waals surface area contributed by atoms with Crippen molar-refractivity contribution in [2.75, 3.05) is 4.90 Å². The second-order valence-corrected chi connectivity index (χ2v) is 9.70. The quantitative estimate of drug-likeness (QED) is 0.768. The first-order valence-corrected chi connectivity index (χ1v) is 11.6. The molecule has 5 atom stereocenters. The predicted octanol–water partition coefficient (Wildman–Crippen LogP) is 3.59. The number of nitrogens with one attached hydrogen (secondary N) is 2. The van der Waals surface area contributed by atoms with Crippen LogP contribution in [-0.2, 0) is 16.0 Å². The molecule has 3 heterocycles. The molecular formula is C24H34ClN3O2. The minimum atomic E-state index is -0.184. The second-order valence-electron chi connectivity index (χ2n) is 9.70. The summed E-state index contributed by atoms with van der Waals surface area (Å²) in [6, 6.07) is 9.79. The third kappa shape index (κ3) is 3.99. The van der Waals surface area contributed by atoms with Crippen LogP contribution in [0.15, 0.2) is 24.3 Å². The van der Waals surface area contributed by atoms with Gasteiger partial charge in [-0.15, -0.1) is 12.4 Å². The topological polar surface area (TPSA) is 61.4 Å². The maximum absolute atomic E-state index is 13.6. The highest BCUT2D eigenvalue weighted by molar-refractivity contribution is 6.00. The van der Waals surface area contributed by atoms with Gasteiger partial charge < -0.3 is 15.5 Å². The predicted molar refractivity (Wildman–Crippen MR) is 121 cm³/mol. The third-order valence-corrected chi connectivity index (χ3v) is 7.68. The number of benzene rings is 1. The molecule has 3 fully saturated rings. The molecule has 1 aliphatic carbocycles. The molecule has 2 N–H and O–H groups in total. The van der Waals surface area contributed by atoms with Crippen LogP contribution in [-0.4, -0.2) is 36.0 Å². The summed E-state index contributed by atoms with van der Waals surface area (Å²) in [7, 11) is 0. The number of halogens is 1. The van der Waals surface area contributed by atoms with Crippen molar-refractivity contribution < 1.29 is 9.59 Å². The van der Waals surface area contributed by atoms with Crippen molar-refractivity contribution in [3.05, 3.63) is 29.8 Å². The van der Waals surface area contributed by atoms with Gasteiger partial charge in [0.1, 0.15) is 0 Å². The Kier molecular flexibility index (Phi) is 6.40. The fourth-order valence-electron chi connectivity index (χ4n) is 6.30. The zero-order valence-electron chi connectivity index (χ0n) is 17.8. The fourth-order valence-corrected chi connectivity index (χ4v) is 6.30. The summed E-state index contributed by atoms with van der Waals surface area (Å²) < 4.78 is 0. The average Bonchev–Trinajstić information content (AvgIpc) is 3.25. The van der Waals surface area contributed by atoms with Crippen molar-refractivity contribution in [3.8, 4) is 0 Å². The summed E-state index contributed by atoms with van der Waals surface area (Å²) >= 11 is 0. The van der Waals surface area contributed by atoms with Gasteiger partial charge in [-0.2, -0.15) is 0 Å². The SMILES string of the molecule is CC1Cc2ccccc2N1C(=O)C1CCCCC1C(=O)NC1CC2CCC(C1)N2.Cl. The number of hydrogen-bond donors (Lipinski definition) is 2. The van der Waals surface area contributed by atoms with Crippen LogP contribution >= 0.6 is 12.4 Å². The molecule has 2 bridgehead atoms. The number of nitrogens with zero attached hydrogens (tertiary/aromatic N) is 1. The minimum absolute atomic E-state index is 0. The molecule has 1 saturated carbocycles. The Morgan fingerprint density at radius 1 is 1.00 bits per heavy atom. The van der Waals surface area contributed by atoms with E-state index in [2.05, 4.69) is 29.7 Å². The molecule has 30 heavy (non-hydrogen) atoms. The van der Waals surface area contributed by atoms with E-state index in [0.29, 0.717) is 12.1 Å².